The summed E-state index contributed by atoms with van der Waals surface area (Å²) in [6.45, 7) is 1.42. The minimum Gasteiger partial charge on any atom is -0.382 e. The largest absolute Gasteiger partial charge is 0.382 e. The average molecular weight is 185 g/mol. The highest BCUT2D eigenvalue weighted by molar-refractivity contribution is 6.12. The van der Waals surface area contributed by atoms with Gasteiger partial charge in [-0.05, 0) is 0 Å². The van der Waals surface area contributed by atoms with Crippen LogP contribution in [0.5, 0.6) is 0 Å². The third-order valence-corrected chi connectivity index (χ3v) is 3.05. The predicted octanol–water partition coefficient (Wildman–Crippen LogP) is -1.65. The molecule has 0 aromatic heterocycles. The van der Waals surface area contributed by atoms with Crippen molar-refractivity contribution in [2.24, 2.45) is 0 Å². The Balaban J connectivity index is 2.17. The van der Waals surface area contributed by atoms with Crippen molar-refractivity contribution < 1.29 is 14.2 Å². The number of morpholine rings is 1. The number of nitrogens with one attached hydrogen (secondary N) is 1. The highest BCUT2D eigenvalue weighted by Crippen LogP contribution is 2.36. The van der Waals surface area contributed by atoms with Crippen molar-refractivity contribution >= 4 is 7.85 Å². The molecule has 2 fully saturated rings. The molecule has 0 spiro atoms. The molecule has 2 bridgehead atoms. The molecule has 0 aromatic carbocycles. The molecular formula is C8H16BNO3. The van der Waals surface area contributed by atoms with Crippen LogP contribution in [0.3, 0.4) is 0 Å². The van der Waals surface area contributed by atoms with Gasteiger partial charge in [-0.25, -0.2) is 0 Å². The quantitative estimate of drug-likeness (QED) is 0.534. The van der Waals surface area contributed by atoms with E-state index in [0.29, 0.717) is 12.6 Å². The zero-order valence-electron chi connectivity index (χ0n) is 8.37. The van der Waals surface area contributed by atoms with E-state index in [4.69, 9.17) is 14.2 Å². The van der Waals surface area contributed by atoms with E-state index in [2.05, 4.69) is 13.2 Å². The van der Waals surface area contributed by atoms with Crippen molar-refractivity contribution in [2.75, 3.05) is 27.4 Å². The summed E-state index contributed by atoms with van der Waals surface area (Å²) in [5.41, 5.74) is -0.256. The maximum atomic E-state index is 5.88. The van der Waals surface area contributed by atoms with Gasteiger partial charge in [0.1, 0.15) is 19.6 Å². The standard InChI is InChI=1S/C8H16BNO3/c1-11-4-8-3-10-5(6(8)12-2)7(9)13-8/h5-7,10H,3-4,9H2,1-2H3/t5?,6-,7-,8-/m1/s1. The van der Waals surface area contributed by atoms with Crippen LogP contribution in [-0.2, 0) is 14.2 Å². The second-order valence-electron chi connectivity index (χ2n) is 3.88. The van der Waals surface area contributed by atoms with E-state index in [9.17, 15) is 0 Å². The molecule has 2 rings (SSSR count). The van der Waals surface area contributed by atoms with Gasteiger partial charge in [0.05, 0.1) is 12.6 Å². The molecule has 1 unspecified atom stereocenters. The molecule has 0 saturated carbocycles. The molecule has 2 heterocycles. The Bertz CT molecular complexity index is 204. The third kappa shape index (κ3) is 1.22. The molecule has 2 aliphatic heterocycles. The number of methoxy groups -OCH3 is 2. The number of rotatable bonds is 3. The lowest BCUT2D eigenvalue weighted by atomic mass is 9.91. The summed E-state index contributed by atoms with van der Waals surface area (Å²) in [6.07, 6.45) is 0.127. The van der Waals surface area contributed by atoms with Crippen LogP contribution in [-0.4, -0.2) is 59.0 Å². The summed E-state index contributed by atoms with van der Waals surface area (Å²) in [5, 5.41) is 3.40. The molecule has 13 heavy (non-hydrogen) atoms. The lowest BCUT2D eigenvalue weighted by Gasteiger charge is -2.30. The number of ether oxygens (including phenoxy) is 3. The minimum absolute atomic E-state index is 0.127. The van der Waals surface area contributed by atoms with E-state index < -0.39 is 0 Å². The maximum absolute atomic E-state index is 5.88. The third-order valence-electron chi connectivity index (χ3n) is 3.05. The summed E-state index contributed by atoms with van der Waals surface area (Å²) in [4.78, 5) is 0. The smallest absolute Gasteiger partial charge is 0.141 e. The maximum Gasteiger partial charge on any atom is 0.141 e. The fourth-order valence-corrected chi connectivity index (χ4v) is 2.56. The highest BCUT2D eigenvalue weighted by Gasteiger charge is 2.58. The Hall–Kier alpha value is -0.0951. The number of hydrogen-bond acceptors (Lipinski definition) is 4. The van der Waals surface area contributed by atoms with Crippen molar-refractivity contribution in [3.63, 3.8) is 0 Å². The Morgan fingerprint density at radius 2 is 2.38 bits per heavy atom. The average Bonchev–Trinajstić information content (AvgIpc) is 2.55. The molecule has 74 valence electrons. The first-order valence-corrected chi connectivity index (χ1v) is 4.66. The normalized spacial score (nSPS) is 48.6. The molecular weight excluding hydrogens is 169 g/mol. The van der Waals surface area contributed by atoms with Crippen LogP contribution in [0, 0.1) is 0 Å². The second-order valence-corrected chi connectivity index (χ2v) is 3.88. The molecule has 5 heteroatoms. The first-order valence-electron chi connectivity index (χ1n) is 4.66. The molecule has 2 saturated heterocycles. The van der Waals surface area contributed by atoms with Gasteiger partial charge in [0, 0.05) is 26.8 Å². The van der Waals surface area contributed by atoms with Gasteiger partial charge < -0.3 is 19.5 Å². The van der Waals surface area contributed by atoms with Gasteiger partial charge in [-0.2, -0.15) is 0 Å². The van der Waals surface area contributed by atoms with Gasteiger partial charge in [0.25, 0.3) is 0 Å². The van der Waals surface area contributed by atoms with Gasteiger partial charge in [-0.1, -0.05) is 0 Å². The van der Waals surface area contributed by atoms with Crippen molar-refractivity contribution in [3.8, 4) is 0 Å². The van der Waals surface area contributed by atoms with Crippen LogP contribution in [0.15, 0.2) is 0 Å². The lowest BCUT2D eigenvalue weighted by Crippen LogP contribution is -2.48. The lowest BCUT2D eigenvalue weighted by molar-refractivity contribution is -0.107. The van der Waals surface area contributed by atoms with Crippen molar-refractivity contribution in [1.29, 1.82) is 0 Å². The zero-order valence-corrected chi connectivity index (χ0v) is 8.37. The molecule has 0 aromatic rings. The minimum atomic E-state index is -0.256. The van der Waals surface area contributed by atoms with E-state index in [1.54, 1.807) is 14.2 Å². The molecule has 4 nitrogen and oxygen atoms in total. The number of hydrogen-bond donors (Lipinski definition) is 1. The molecule has 0 radical (unpaired) electrons. The van der Waals surface area contributed by atoms with Gasteiger partial charge in [0.15, 0.2) is 0 Å². The number of fused-ring (bicyclic) bond motifs is 2. The highest BCUT2D eigenvalue weighted by atomic mass is 16.6. The SMILES string of the molecule is B[C@@H]1O[C@@]2(COC)CNC1[C@H]2OC. The summed E-state index contributed by atoms with van der Waals surface area (Å²) < 4.78 is 16.5. The van der Waals surface area contributed by atoms with Crippen LogP contribution in [0.1, 0.15) is 0 Å². The Kier molecular flexibility index (Phi) is 2.36. The van der Waals surface area contributed by atoms with E-state index in [-0.39, 0.29) is 17.7 Å². The molecule has 4 atom stereocenters. The van der Waals surface area contributed by atoms with E-state index >= 15 is 0 Å². The van der Waals surface area contributed by atoms with Crippen LogP contribution >= 0.6 is 0 Å². The zero-order chi connectivity index (χ0) is 9.47. The Morgan fingerprint density at radius 1 is 1.62 bits per heavy atom. The van der Waals surface area contributed by atoms with Crippen LogP contribution in [0.2, 0.25) is 0 Å². The molecule has 1 N–H and O–H groups in total. The van der Waals surface area contributed by atoms with Crippen LogP contribution < -0.4 is 5.32 Å². The first kappa shape index (κ1) is 9.46. The first-order chi connectivity index (χ1) is 6.23. The summed E-state index contributed by atoms with van der Waals surface area (Å²) in [6, 6.07) is 0.536. The van der Waals surface area contributed by atoms with Gasteiger partial charge >= 0.3 is 0 Å². The van der Waals surface area contributed by atoms with Gasteiger partial charge in [-0.15, -0.1) is 0 Å². The van der Waals surface area contributed by atoms with Crippen molar-refractivity contribution in [3.05, 3.63) is 0 Å². The van der Waals surface area contributed by atoms with Crippen molar-refractivity contribution in [1.82, 2.24) is 5.32 Å². The Morgan fingerprint density at radius 3 is 2.92 bits per heavy atom. The van der Waals surface area contributed by atoms with Crippen LogP contribution in [0.25, 0.3) is 0 Å². The predicted molar refractivity (Wildman–Crippen MR) is 50.6 cm³/mol. The molecule has 2 aliphatic rings. The second kappa shape index (κ2) is 3.24. The fourth-order valence-electron chi connectivity index (χ4n) is 2.56. The summed E-state index contributed by atoms with van der Waals surface area (Å²) in [5.74, 6) is 0. The van der Waals surface area contributed by atoms with E-state index in [1.165, 1.54) is 0 Å². The molecule has 0 aliphatic carbocycles. The van der Waals surface area contributed by atoms with E-state index in [0.717, 1.165) is 6.54 Å². The fraction of sp³-hybridized carbons (Fsp3) is 1.00. The summed E-state index contributed by atoms with van der Waals surface area (Å²) in [7, 11) is 5.50. The van der Waals surface area contributed by atoms with E-state index in [1.807, 2.05) is 0 Å². The summed E-state index contributed by atoms with van der Waals surface area (Å²) >= 11 is 0. The van der Waals surface area contributed by atoms with Crippen molar-refractivity contribution in [2.45, 2.75) is 23.8 Å². The van der Waals surface area contributed by atoms with Gasteiger partial charge in [-0.3, -0.25) is 0 Å². The monoisotopic (exact) mass is 185 g/mol. The van der Waals surface area contributed by atoms with Crippen LogP contribution in [0.4, 0.5) is 0 Å². The topological polar surface area (TPSA) is 39.7 Å². The van der Waals surface area contributed by atoms with Gasteiger partial charge in [0.2, 0.25) is 0 Å². The Labute approximate surface area is 79.3 Å². The molecule has 0 amide bonds.